The van der Waals surface area contributed by atoms with Gasteiger partial charge in [0.05, 0.1) is 0 Å². The summed E-state index contributed by atoms with van der Waals surface area (Å²) in [6.07, 6.45) is 2.74. The van der Waals surface area contributed by atoms with E-state index in [0.29, 0.717) is 12.2 Å². The van der Waals surface area contributed by atoms with Crippen molar-refractivity contribution in [2.24, 2.45) is 0 Å². The number of ketones is 1. The molecule has 1 saturated heterocycles. The van der Waals surface area contributed by atoms with Crippen LogP contribution in [0.4, 0.5) is 0 Å². The Balaban J connectivity index is 2.21. The lowest BCUT2D eigenvalue weighted by molar-refractivity contribution is -0.117. The fourth-order valence-electron chi connectivity index (χ4n) is 1.91. The second-order valence-electron chi connectivity index (χ2n) is 4.18. The minimum absolute atomic E-state index is 0.317. The van der Waals surface area contributed by atoms with Crippen molar-refractivity contribution < 1.29 is 4.79 Å². The van der Waals surface area contributed by atoms with Crippen molar-refractivity contribution in [1.29, 1.82) is 0 Å². The first-order chi connectivity index (χ1) is 7.70. The summed E-state index contributed by atoms with van der Waals surface area (Å²) in [5.41, 5.74) is 2.23. The Bertz CT molecular complexity index is 419. The van der Waals surface area contributed by atoms with Crippen LogP contribution in [0.15, 0.2) is 17.0 Å². The highest BCUT2D eigenvalue weighted by Gasteiger charge is 2.20. The largest absolute Gasteiger partial charge is 0.299 e. The molecule has 0 unspecified atom stereocenters. The highest BCUT2D eigenvalue weighted by atomic mass is 32.1. The summed E-state index contributed by atoms with van der Waals surface area (Å²) < 4.78 is 0. The Labute approximate surface area is 101 Å². The number of hydrogen-bond donors (Lipinski definition) is 0. The molecule has 1 aliphatic rings. The lowest BCUT2D eigenvalue weighted by Gasteiger charge is -2.26. The molecule has 86 valence electrons. The summed E-state index contributed by atoms with van der Waals surface area (Å²) >= 11 is 1.71. The van der Waals surface area contributed by atoms with E-state index in [0.717, 1.165) is 25.2 Å². The first-order valence-electron chi connectivity index (χ1n) is 5.71. The van der Waals surface area contributed by atoms with Gasteiger partial charge in [0.2, 0.25) is 0 Å². The van der Waals surface area contributed by atoms with E-state index < -0.39 is 0 Å². The van der Waals surface area contributed by atoms with E-state index in [1.165, 1.54) is 10.4 Å². The normalized spacial score (nSPS) is 20.6. The van der Waals surface area contributed by atoms with Crippen molar-refractivity contribution in [2.75, 3.05) is 19.6 Å². The van der Waals surface area contributed by atoms with Crippen molar-refractivity contribution in [1.82, 2.24) is 4.90 Å². The zero-order valence-corrected chi connectivity index (χ0v) is 10.6. The van der Waals surface area contributed by atoms with Gasteiger partial charge in [-0.25, -0.2) is 0 Å². The van der Waals surface area contributed by atoms with Gasteiger partial charge in [0.1, 0.15) is 0 Å². The number of carbonyl (C=O) groups is 1. The van der Waals surface area contributed by atoms with E-state index >= 15 is 0 Å². The third kappa shape index (κ3) is 2.42. The predicted molar refractivity (Wildman–Crippen MR) is 68.8 cm³/mol. The molecule has 0 atom stereocenters. The van der Waals surface area contributed by atoms with Gasteiger partial charge in [0.15, 0.2) is 5.78 Å². The van der Waals surface area contributed by atoms with Crippen LogP contribution in [-0.2, 0) is 4.79 Å². The maximum Gasteiger partial charge on any atom is 0.161 e. The van der Waals surface area contributed by atoms with Crippen LogP contribution in [0.3, 0.4) is 0 Å². The van der Waals surface area contributed by atoms with Gasteiger partial charge in [-0.05, 0) is 36.6 Å². The Hall–Kier alpha value is -0.930. The van der Waals surface area contributed by atoms with E-state index in [9.17, 15) is 4.79 Å². The van der Waals surface area contributed by atoms with Crippen LogP contribution >= 0.6 is 11.3 Å². The molecule has 0 N–H and O–H groups in total. The first kappa shape index (κ1) is 11.6. The van der Waals surface area contributed by atoms with Crippen molar-refractivity contribution in [3.8, 4) is 0 Å². The molecule has 1 aromatic heterocycles. The van der Waals surface area contributed by atoms with Crippen LogP contribution in [0, 0.1) is 6.92 Å². The molecular formula is C13H17NOS. The monoisotopic (exact) mass is 235 g/mol. The van der Waals surface area contributed by atoms with Gasteiger partial charge < -0.3 is 0 Å². The number of nitrogens with zero attached hydrogens (tertiary/aromatic N) is 1. The average molecular weight is 235 g/mol. The Morgan fingerprint density at radius 2 is 2.38 bits per heavy atom. The van der Waals surface area contributed by atoms with E-state index in [4.69, 9.17) is 0 Å². The minimum atomic E-state index is 0.317. The number of likely N-dealkylation sites (N-methyl/N-ethyl adjacent to an activating group) is 1. The molecule has 16 heavy (non-hydrogen) atoms. The highest BCUT2D eigenvalue weighted by molar-refractivity contribution is 7.11. The summed E-state index contributed by atoms with van der Waals surface area (Å²) in [6, 6.07) is 2.10. The zero-order valence-electron chi connectivity index (χ0n) is 9.82. The summed E-state index contributed by atoms with van der Waals surface area (Å²) in [7, 11) is 0. The number of Topliss-reactive ketones (excluding diaryl/α,β-unsaturated/α-hetero) is 1. The zero-order chi connectivity index (χ0) is 11.5. The van der Waals surface area contributed by atoms with Gasteiger partial charge in [-0.2, -0.15) is 0 Å². The Kier molecular flexibility index (Phi) is 3.56. The van der Waals surface area contributed by atoms with Crippen LogP contribution in [0.25, 0.3) is 6.08 Å². The van der Waals surface area contributed by atoms with E-state index in [1.807, 2.05) is 0 Å². The van der Waals surface area contributed by atoms with E-state index in [-0.39, 0.29) is 0 Å². The smallest absolute Gasteiger partial charge is 0.161 e. The number of hydrogen-bond acceptors (Lipinski definition) is 3. The van der Waals surface area contributed by atoms with Crippen molar-refractivity contribution in [2.45, 2.75) is 20.3 Å². The standard InChI is InChI=1S/C13H17NOS/c1-3-14-6-4-12(15)11(9-14)8-13-10(2)5-7-16-13/h5,7-8H,3-4,6,9H2,1-2H3/b11-8+. The Morgan fingerprint density at radius 3 is 3.00 bits per heavy atom. The molecule has 1 aromatic rings. The van der Waals surface area contributed by atoms with Gasteiger partial charge in [-0.15, -0.1) is 11.3 Å². The van der Waals surface area contributed by atoms with Gasteiger partial charge in [-0.1, -0.05) is 6.92 Å². The number of carbonyl (C=O) groups excluding carboxylic acids is 1. The van der Waals surface area contributed by atoms with Crippen LogP contribution in [0.1, 0.15) is 23.8 Å². The molecule has 0 aromatic carbocycles. The predicted octanol–water partition coefficient (Wildman–Crippen LogP) is 2.73. The molecule has 2 nitrogen and oxygen atoms in total. The van der Waals surface area contributed by atoms with Gasteiger partial charge in [0.25, 0.3) is 0 Å². The van der Waals surface area contributed by atoms with Crippen LogP contribution in [0.5, 0.6) is 0 Å². The fraction of sp³-hybridized carbons (Fsp3) is 0.462. The van der Waals surface area contributed by atoms with Crippen molar-refractivity contribution >= 4 is 23.2 Å². The summed E-state index contributed by atoms with van der Waals surface area (Å²) in [5, 5.41) is 2.08. The summed E-state index contributed by atoms with van der Waals surface area (Å²) in [4.78, 5) is 15.3. The van der Waals surface area contributed by atoms with Gasteiger partial charge in [0, 0.05) is 30.0 Å². The lowest BCUT2D eigenvalue weighted by Crippen LogP contribution is -2.35. The quantitative estimate of drug-likeness (QED) is 0.735. The third-order valence-electron chi connectivity index (χ3n) is 3.06. The van der Waals surface area contributed by atoms with Crippen molar-refractivity contribution in [3.63, 3.8) is 0 Å². The van der Waals surface area contributed by atoms with Gasteiger partial charge in [-0.3, -0.25) is 9.69 Å². The molecule has 1 aliphatic heterocycles. The maximum atomic E-state index is 11.8. The molecule has 3 heteroatoms. The van der Waals surface area contributed by atoms with Crippen molar-refractivity contribution in [3.05, 3.63) is 27.5 Å². The molecule has 2 heterocycles. The van der Waals surface area contributed by atoms with E-state index in [1.54, 1.807) is 11.3 Å². The van der Waals surface area contributed by atoms with E-state index in [2.05, 4.69) is 36.3 Å². The Morgan fingerprint density at radius 1 is 1.56 bits per heavy atom. The van der Waals surface area contributed by atoms with Crippen LogP contribution in [0.2, 0.25) is 0 Å². The summed E-state index contributed by atoms with van der Waals surface area (Å²) in [5.74, 6) is 0.317. The molecule has 2 rings (SSSR count). The number of piperidine rings is 1. The fourth-order valence-corrected chi connectivity index (χ4v) is 2.80. The molecule has 0 spiro atoms. The molecule has 0 aliphatic carbocycles. The number of aryl methyl sites for hydroxylation is 1. The first-order valence-corrected chi connectivity index (χ1v) is 6.59. The van der Waals surface area contributed by atoms with Gasteiger partial charge >= 0.3 is 0 Å². The topological polar surface area (TPSA) is 20.3 Å². The van der Waals surface area contributed by atoms with Crippen LogP contribution in [-0.4, -0.2) is 30.3 Å². The third-order valence-corrected chi connectivity index (χ3v) is 4.03. The molecule has 0 saturated carbocycles. The lowest BCUT2D eigenvalue weighted by atomic mass is 10.0. The molecule has 1 fully saturated rings. The number of rotatable bonds is 2. The average Bonchev–Trinajstić information content (AvgIpc) is 2.68. The summed E-state index contributed by atoms with van der Waals surface area (Å²) in [6.45, 7) is 6.98. The minimum Gasteiger partial charge on any atom is -0.299 e. The number of thiophene rings is 1. The molecule has 0 radical (unpaired) electrons. The second-order valence-corrected chi connectivity index (χ2v) is 5.13. The molecule has 0 bridgehead atoms. The SMILES string of the molecule is CCN1CCC(=O)/C(=C/c2sccc2C)C1. The maximum absolute atomic E-state index is 11.8. The molecular weight excluding hydrogens is 218 g/mol. The highest BCUT2D eigenvalue weighted by Crippen LogP contribution is 2.22. The molecule has 0 amide bonds. The second kappa shape index (κ2) is 4.93. The number of likely N-dealkylation sites (tertiary alicyclic amines) is 1. The van der Waals surface area contributed by atoms with Crippen LogP contribution < -0.4 is 0 Å².